The number of ether oxygens (including phenoxy) is 2. The standard InChI is InChI=1S/C24H38Cl2N2O5/c1-16-8-9-17(28(12-10-25)13-11-26)14-18(16)21(30)19(15-20(29)32-23(2,3)4)27-22(31)33-24(5,6)7/h8-9,14,19,21,30H,10-13,15H2,1-7H3,(H,27,31)/t19-,21?/m1/s1. The number of hydrogen-bond donors (Lipinski definition) is 2. The minimum Gasteiger partial charge on any atom is -0.460 e. The summed E-state index contributed by atoms with van der Waals surface area (Å²) in [5.74, 6) is 0.302. The average Bonchev–Trinajstić information content (AvgIpc) is 2.64. The van der Waals surface area contributed by atoms with Crippen LogP contribution in [0.2, 0.25) is 0 Å². The van der Waals surface area contributed by atoms with Crippen molar-refractivity contribution in [2.45, 2.75) is 78.2 Å². The van der Waals surface area contributed by atoms with Gasteiger partial charge in [0.1, 0.15) is 17.3 Å². The molecule has 9 heteroatoms. The van der Waals surface area contributed by atoms with Crippen LogP contribution in [0.15, 0.2) is 18.2 Å². The van der Waals surface area contributed by atoms with Gasteiger partial charge in [0.05, 0.1) is 12.5 Å². The van der Waals surface area contributed by atoms with E-state index in [-0.39, 0.29) is 6.42 Å². The minimum absolute atomic E-state index is 0.228. The molecule has 0 heterocycles. The molecule has 0 aliphatic carbocycles. The van der Waals surface area contributed by atoms with Crippen molar-refractivity contribution in [2.24, 2.45) is 0 Å². The Morgan fingerprint density at radius 2 is 1.58 bits per heavy atom. The SMILES string of the molecule is Cc1ccc(N(CCCl)CCCl)cc1C(O)[C@@H](CC(=O)OC(C)(C)C)NC(=O)OC(C)(C)C. The zero-order chi connectivity index (χ0) is 25.4. The number of aryl methyl sites for hydroxylation is 1. The highest BCUT2D eigenvalue weighted by atomic mass is 35.5. The number of carbonyl (C=O) groups excluding carboxylic acids is 2. The molecule has 0 fully saturated rings. The molecule has 0 bridgehead atoms. The van der Waals surface area contributed by atoms with Crippen LogP contribution in [-0.2, 0) is 14.3 Å². The Bertz CT molecular complexity index is 754. The van der Waals surface area contributed by atoms with E-state index >= 15 is 0 Å². The fourth-order valence-corrected chi connectivity index (χ4v) is 3.61. The van der Waals surface area contributed by atoms with Gasteiger partial charge in [0.25, 0.3) is 0 Å². The summed E-state index contributed by atoms with van der Waals surface area (Å²) < 4.78 is 10.8. The predicted molar refractivity (Wildman–Crippen MR) is 133 cm³/mol. The molecule has 1 aromatic carbocycles. The number of alkyl carbamates (subject to hydrolysis) is 1. The van der Waals surface area contributed by atoms with Crippen LogP contribution in [0.25, 0.3) is 0 Å². The number of hydrogen-bond acceptors (Lipinski definition) is 6. The molecule has 2 atom stereocenters. The summed E-state index contributed by atoms with van der Waals surface area (Å²) in [6.07, 6.45) is -2.14. The highest BCUT2D eigenvalue weighted by molar-refractivity contribution is 6.18. The van der Waals surface area contributed by atoms with Crippen molar-refractivity contribution in [3.63, 3.8) is 0 Å². The lowest BCUT2D eigenvalue weighted by Gasteiger charge is -2.29. The maximum Gasteiger partial charge on any atom is 0.407 e. The van der Waals surface area contributed by atoms with E-state index in [0.717, 1.165) is 11.3 Å². The molecule has 1 amide bonds. The first-order valence-electron chi connectivity index (χ1n) is 11.0. The van der Waals surface area contributed by atoms with Crippen molar-refractivity contribution in [1.82, 2.24) is 5.32 Å². The van der Waals surface area contributed by atoms with Gasteiger partial charge in [-0.2, -0.15) is 0 Å². The van der Waals surface area contributed by atoms with E-state index < -0.39 is 35.4 Å². The van der Waals surface area contributed by atoms with Crippen molar-refractivity contribution in [1.29, 1.82) is 0 Å². The first-order valence-corrected chi connectivity index (χ1v) is 12.1. The van der Waals surface area contributed by atoms with E-state index in [1.54, 1.807) is 41.5 Å². The Morgan fingerprint density at radius 1 is 1.03 bits per heavy atom. The topological polar surface area (TPSA) is 88.1 Å². The summed E-state index contributed by atoms with van der Waals surface area (Å²) in [6, 6.07) is 4.67. The van der Waals surface area contributed by atoms with Crippen molar-refractivity contribution in [2.75, 3.05) is 29.7 Å². The van der Waals surface area contributed by atoms with Crippen LogP contribution >= 0.6 is 23.2 Å². The number of carbonyl (C=O) groups is 2. The Kier molecular flexibility index (Phi) is 11.3. The summed E-state index contributed by atoms with van der Waals surface area (Å²) in [6.45, 7) is 13.5. The Morgan fingerprint density at radius 3 is 2.06 bits per heavy atom. The molecule has 33 heavy (non-hydrogen) atoms. The van der Waals surface area contributed by atoms with Gasteiger partial charge in [0.15, 0.2) is 0 Å². The zero-order valence-electron chi connectivity index (χ0n) is 20.7. The molecule has 1 rings (SSSR count). The van der Waals surface area contributed by atoms with E-state index in [4.69, 9.17) is 32.7 Å². The van der Waals surface area contributed by atoms with Gasteiger partial charge in [-0.1, -0.05) is 6.07 Å². The van der Waals surface area contributed by atoms with Gasteiger partial charge in [-0.05, 0) is 71.7 Å². The highest BCUT2D eigenvalue weighted by Crippen LogP contribution is 2.28. The fraction of sp³-hybridized carbons (Fsp3) is 0.667. The Labute approximate surface area is 207 Å². The van der Waals surface area contributed by atoms with Crippen LogP contribution in [-0.4, -0.2) is 59.3 Å². The molecular weight excluding hydrogens is 467 g/mol. The number of alkyl halides is 2. The van der Waals surface area contributed by atoms with Gasteiger partial charge in [-0.15, -0.1) is 23.2 Å². The van der Waals surface area contributed by atoms with Gasteiger partial charge >= 0.3 is 12.1 Å². The number of nitrogens with zero attached hydrogens (tertiary/aromatic N) is 1. The largest absolute Gasteiger partial charge is 0.460 e. The molecule has 0 aliphatic heterocycles. The predicted octanol–water partition coefficient (Wildman–Crippen LogP) is 4.94. The molecule has 1 unspecified atom stereocenters. The third kappa shape index (κ3) is 10.8. The maximum absolute atomic E-state index is 12.5. The number of nitrogens with one attached hydrogen (secondary N) is 1. The first-order chi connectivity index (χ1) is 15.2. The molecular formula is C24H38Cl2N2O5. The van der Waals surface area contributed by atoms with Gasteiger partial charge < -0.3 is 24.8 Å². The van der Waals surface area contributed by atoms with E-state index in [2.05, 4.69) is 5.32 Å². The molecule has 0 aliphatic rings. The lowest BCUT2D eigenvalue weighted by Crippen LogP contribution is -2.44. The second-order valence-corrected chi connectivity index (χ2v) is 10.6. The van der Waals surface area contributed by atoms with Crippen LogP contribution in [0.1, 0.15) is 65.2 Å². The van der Waals surface area contributed by atoms with E-state index in [1.165, 1.54) is 0 Å². The smallest absolute Gasteiger partial charge is 0.407 e. The molecule has 1 aromatic rings. The number of esters is 1. The second kappa shape index (κ2) is 12.7. The highest BCUT2D eigenvalue weighted by Gasteiger charge is 2.31. The number of aliphatic hydroxyl groups is 1. The molecule has 0 radical (unpaired) electrons. The van der Waals surface area contributed by atoms with Gasteiger partial charge in [0.2, 0.25) is 0 Å². The molecule has 0 spiro atoms. The quantitative estimate of drug-likeness (QED) is 0.346. The summed E-state index contributed by atoms with van der Waals surface area (Å²) in [7, 11) is 0. The third-order valence-corrected chi connectivity index (χ3v) is 4.88. The Balaban J connectivity index is 3.26. The molecule has 0 saturated carbocycles. The lowest BCUT2D eigenvalue weighted by atomic mass is 9.95. The van der Waals surface area contributed by atoms with Gasteiger partial charge in [0, 0.05) is 30.5 Å². The van der Waals surface area contributed by atoms with Crippen molar-refractivity contribution in [3.05, 3.63) is 29.3 Å². The van der Waals surface area contributed by atoms with Crippen LogP contribution in [0.4, 0.5) is 10.5 Å². The van der Waals surface area contributed by atoms with Crippen molar-refractivity contribution >= 4 is 41.0 Å². The lowest BCUT2D eigenvalue weighted by molar-refractivity contribution is -0.156. The summed E-state index contributed by atoms with van der Waals surface area (Å²) in [5, 5.41) is 13.9. The van der Waals surface area contributed by atoms with Crippen LogP contribution < -0.4 is 10.2 Å². The van der Waals surface area contributed by atoms with Crippen molar-refractivity contribution < 1.29 is 24.2 Å². The number of anilines is 1. The second-order valence-electron chi connectivity index (χ2n) is 9.89. The molecule has 7 nitrogen and oxygen atoms in total. The van der Waals surface area contributed by atoms with E-state index in [1.807, 2.05) is 30.0 Å². The third-order valence-electron chi connectivity index (χ3n) is 4.55. The van der Waals surface area contributed by atoms with Crippen LogP contribution in [0.5, 0.6) is 0 Å². The number of rotatable bonds is 10. The number of benzene rings is 1. The molecule has 0 saturated heterocycles. The molecule has 2 N–H and O–H groups in total. The van der Waals surface area contributed by atoms with E-state index in [9.17, 15) is 14.7 Å². The molecule has 0 aromatic heterocycles. The normalized spacial score (nSPS) is 13.8. The van der Waals surface area contributed by atoms with E-state index in [0.29, 0.717) is 30.4 Å². The summed E-state index contributed by atoms with van der Waals surface area (Å²) in [5.41, 5.74) is 0.793. The number of amides is 1. The van der Waals surface area contributed by atoms with Crippen LogP contribution in [0, 0.1) is 6.92 Å². The summed E-state index contributed by atoms with van der Waals surface area (Å²) >= 11 is 11.9. The Hall–Kier alpha value is -1.70. The number of aliphatic hydroxyl groups excluding tert-OH is 1. The monoisotopic (exact) mass is 504 g/mol. The van der Waals surface area contributed by atoms with Gasteiger partial charge in [-0.3, -0.25) is 4.79 Å². The maximum atomic E-state index is 12.5. The van der Waals surface area contributed by atoms with Crippen molar-refractivity contribution in [3.8, 4) is 0 Å². The molecule has 188 valence electrons. The zero-order valence-corrected chi connectivity index (χ0v) is 22.2. The first kappa shape index (κ1) is 29.3. The fourth-order valence-electron chi connectivity index (χ4n) is 3.20. The average molecular weight is 505 g/mol. The minimum atomic E-state index is -1.18. The number of halogens is 2. The summed E-state index contributed by atoms with van der Waals surface area (Å²) in [4.78, 5) is 27.0. The van der Waals surface area contributed by atoms with Crippen LogP contribution in [0.3, 0.4) is 0 Å². The van der Waals surface area contributed by atoms with Gasteiger partial charge in [-0.25, -0.2) is 4.79 Å².